The Morgan fingerprint density at radius 2 is 0.714 bits per heavy atom. The molecule has 0 unspecified atom stereocenters. The van der Waals surface area contributed by atoms with Gasteiger partial charge in [-0.15, -0.1) is 0 Å². The second kappa shape index (κ2) is 5.49. The number of fused-ring (bicyclic) bond motifs is 11. The second-order valence-corrected chi connectivity index (χ2v) is 7.22. The lowest BCUT2D eigenvalue weighted by Crippen LogP contribution is -1.89. The fraction of sp³-hybridized carbons (Fsp3) is 0. The first-order valence-corrected chi connectivity index (χ1v) is 9.26. The van der Waals surface area contributed by atoms with E-state index in [1.54, 1.807) is 12.1 Å². The Labute approximate surface area is 159 Å². The van der Waals surface area contributed by atoms with Crippen molar-refractivity contribution in [3.05, 3.63) is 96.6 Å². The molecule has 0 bridgehead atoms. The van der Waals surface area contributed by atoms with Crippen LogP contribution in [0.25, 0.3) is 53.9 Å². The van der Waals surface area contributed by atoms with E-state index in [9.17, 15) is 8.78 Å². The minimum Gasteiger partial charge on any atom is -0.207 e. The van der Waals surface area contributed by atoms with Gasteiger partial charge in [0.2, 0.25) is 0 Å². The predicted octanol–water partition coefficient (Wildman–Crippen LogP) is 7.73. The van der Waals surface area contributed by atoms with Crippen LogP contribution in [0, 0.1) is 11.6 Å². The fourth-order valence-electron chi connectivity index (χ4n) is 4.62. The summed E-state index contributed by atoms with van der Waals surface area (Å²) in [7, 11) is 0. The van der Waals surface area contributed by atoms with Crippen LogP contribution in [0.3, 0.4) is 0 Å². The Kier molecular flexibility index (Phi) is 3.05. The molecular formula is C26H14F2. The molecule has 6 rings (SSSR count). The zero-order valence-corrected chi connectivity index (χ0v) is 14.8. The van der Waals surface area contributed by atoms with Crippen molar-refractivity contribution >= 4 is 53.9 Å². The largest absolute Gasteiger partial charge is 0.207 e. The maximum atomic E-state index is 14.3. The lowest BCUT2D eigenvalue weighted by atomic mass is 9.87. The van der Waals surface area contributed by atoms with Gasteiger partial charge in [0, 0.05) is 0 Å². The zero-order chi connectivity index (χ0) is 18.8. The Morgan fingerprint density at radius 1 is 0.357 bits per heavy atom. The van der Waals surface area contributed by atoms with Gasteiger partial charge >= 0.3 is 0 Å². The summed E-state index contributed by atoms with van der Waals surface area (Å²) in [4.78, 5) is 0. The van der Waals surface area contributed by atoms with Gasteiger partial charge in [-0.05, 0) is 78.1 Å². The molecular weight excluding hydrogens is 350 g/mol. The Hall–Kier alpha value is -3.52. The Morgan fingerprint density at radius 3 is 1.14 bits per heavy atom. The smallest absolute Gasteiger partial charge is 0.123 e. The van der Waals surface area contributed by atoms with E-state index in [1.807, 2.05) is 36.4 Å². The van der Waals surface area contributed by atoms with E-state index in [0.29, 0.717) is 0 Å². The molecule has 28 heavy (non-hydrogen) atoms. The van der Waals surface area contributed by atoms with Gasteiger partial charge in [-0.25, -0.2) is 8.78 Å². The third-order valence-electron chi connectivity index (χ3n) is 5.73. The molecule has 0 aromatic heterocycles. The van der Waals surface area contributed by atoms with Crippen LogP contribution < -0.4 is 0 Å². The predicted molar refractivity (Wildman–Crippen MR) is 114 cm³/mol. The zero-order valence-electron chi connectivity index (χ0n) is 14.8. The summed E-state index contributed by atoms with van der Waals surface area (Å²) in [5, 5.41) is 9.87. The highest BCUT2D eigenvalue weighted by Gasteiger charge is 2.16. The number of hydrogen-bond acceptors (Lipinski definition) is 0. The standard InChI is InChI=1S/C26H14F2/c27-15-9-11-19-17-5-1-3-7-21(17)25-24-14-16(28)10-12-20(24)18-6-2-4-8-22(18)26(25)23(19)13-15/h1-14H. The van der Waals surface area contributed by atoms with Crippen LogP contribution in [0.5, 0.6) is 0 Å². The maximum Gasteiger partial charge on any atom is 0.123 e. The van der Waals surface area contributed by atoms with Crippen LogP contribution in [0.2, 0.25) is 0 Å². The summed E-state index contributed by atoms with van der Waals surface area (Å²) < 4.78 is 28.6. The summed E-state index contributed by atoms with van der Waals surface area (Å²) in [5.41, 5.74) is 0. The van der Waals surface area contributed by atoms with Crippen LogP contribution in [-0.2, 0) is 0 Å². The average molecular weight is 364 g/mol. The SMILES string of the molecule is Fc1ccc2c3ccccc3c3c4cc(F)ccc4c4ccccc4c3c2c1. The second-order valence-electron chi connectivity index (χ2n) is 7.22. The van der Waals surface area contributed by atoms with Gasteiger partial charge in [0.1, 0.15) is 11.6 Å². The first kappa shape index (κ1) is 15.5. The molecule has 0 atom stereocenters. The number of rotatable bonds is 0. The van der Waals surface area contributed by atoms with Crippen molar-refractivity contribution in [2.24, 2.45) is 0 Å². The maximum absolute atomic E-state index is 14.3. The molecule has 0 aliphatic rings. The highest BCUT2D eigenvalue weighted by molar-refractivity contribution is 6.39. The van der Waals surface area contributed by atoms with Crippen LogP contribution in [-0.4, -0.2) is 0 Å². The molecule has 0 N–H and O–H groups in total. The third-order valence-corrected chi connectivity index (χ3v) is 5.73. The number of halogens is 2. The molecule has 6 aromatic carbocycles. The van der Waals surface area contributed by atoms with Gasteiger partial charge in [-0.1, -0.05) is 60.7 Å². The van der Waals surface area contributed by atoms with Crippen LogP contribution in [0.1, 0.15) is 0 Å². The summed E-state index contributed by atoms with van der Waals surface area (Å²) in [6.45, 7) is 0. The molecule has 2 heteroatoms. The summed E-state index contributed by atoms with van der Waals surface area (Å²) in [6.07, 6.45) is 0. The molecule has 0 saturated carbocycles. The molecule has 0 aliphatic heterocycles. The topological polar surface area (TPSA) is 0 Å². The first-order chi connectivity index (χ1) is 13.7. The quantitative estimate of drug-likeness (QED) is 0.242. The van der Waals surface area contributed by atoms with Crippen LogP contribution >= 0.6 is 0 Å². The van der Waals surface area contributed by atoms with E-state index < -0.39 is 0 Å². The van der Waals surface area contributed by atoms with Crippen molar-refractivity contribution in [2.75, 3.05) is 0 Å². The summed E-state index contributed by atoms with van der Waals surface area (Å²) in [6, 6.07) is 26.1. The van der Waals surface area contributed by atoms with Crippen molar-refractivity contribution in [3.8, 4) is 0 Å². The molecule has 0 fully saturated rings. The molecule has 0 heterocycles. The van der Waals surface area contributed by atoms with Crippen molar-refractivity contribution in [3.63, 3.8) is 0 Å². The van der Waals surface area contributed by atoms with E-state index in [2.05, 4.69) is 24.3 Å². The van der Waals surface area contributed by atoms with Crippen molar-refractivity contribution < 1.29 is 8.78 Å². The monoisotopic (exact) mass is 364 g/mol. The van der Waals surface area contributed by atoms with Crippen molar-refractivity contribution in [1.82, 2.24) is 0 Å². The van der Waals surface area contributed by atoms with Gasteiger partial charge in [-0.2, -0.15) is 0 Å². The van der Waals surface area contributed by atoms with Gasteiger partial charge in [0.15, 0.2) is 0 Å². The Balaban J connectivity index is 2.12. The van der Waals surface area contributed by atoms with Gasteiger partial charge in [-0.3, -0.25) is 0 Å². The van der Waals surface area contributed by atoms with Gasteiger partial charge < -0.3 is 0 Å². The van der Waals surface area contributed by atoms with Gasteiger partial charge in [0.05, 0.1) is 0 Å². The Bertz CT molecular complexity index is 1460. The highest BCUT2D eigenvalue weighted by Crippen LogP contribution is 2.43. The van der Waals surface area contributed by atoms with E-state index in [1.165, 1.54) is 12.1 Å². The number of benzene rings is 6. The molecule has 0 nitrogen and oxygen atoms in total. The van der Waals surface area contributed by atoms with E-state index in [-0.39, 0.29) is 11.6 Å². The molecule has 6 aromatic rings. The number of hydrogen-bond donors (Lipinski definition) is 0. The summed E-state index contributed by atoms with van der Waals surface area (Å²) >= 11 is 0. The van der Waals surface area contributed by atoms with Crippen molar-refractivity contribution in [1.29, 1.82) is 0 Å². The molecule has 0 spiro atoms. The van der Waals surface area contributed by atoms with E-state index in [0.717, 1.165) is 53.9 Å². The lowest BCUT2D eigenvalue weighted by molar-refractivity contribution is 0.629. The lowest BCUT2D eigenvalue weighted by Gasteiger charge is -2.16. The normalized spacial score (nSPS) is 11.9. The van der Waals surface area contributed by atoms with Crippen LogP contribution in [0.15, 0.2) is 84.9 Å². The molecule has 0 aliphatic carbocycles. The van der Waals surface area contributed by atoms with Gasteiger partial charge in [0.25, 0.3) is 0 Å². The molecule has 0 saturated heterocycles. The highest BCUT2D eigenvalue weighted by atomic mass is 19.1. The average Bonchev–Trinajstić information content (AvgIpc) is 2.73. The molecule has 132 valence electrons. The fourth-order valence-corrected chi connectivity index (χ4v) is 4.62. The summed E-state index contributed by atoms with van der Waals surface area (Å²) in [5.74, 6) is -0.542. The first-order valence-electron chi connectivity index (χ1n) is 9.26. The van der Waals surface area contributed by atoms with E-state index >= 15 is 0 Å². The molecule has 0 radical (unpaired) electrons. The molecule has 0 amide bonds. The minimum atomic E-state index is -0.271. The minimum absolute atomic E-state index is 0.271. The van der Waals surface area contributed by atoms with Crippen LogP contribution in [0.4, 0.5) is 8.78 Å². The van der Waals surface area contributed by atoms with E-state index in [4.69, 9.17) is 0 Å². The third kappa shape index (κ3) is 1.97. The van der Waals surface area contributed by atoms with Crippen molar-refractivity contribution in [2.45, 2.75) is 0 Å².